The molecule has 3 N–H and O–H groups in total. The summed E-state index contributed by atoms with van der Waals surface area (Å²) in [5.74, 6) is -0.0176. The summed E-state index contributed by atoms with van der Waals surface area (Å²) in [4.78, 5) is 24.6. The molecule has 80 heavy (non-hydrogen) atoms. The van der Waals surface area contributed by atoms with Crippen molar-refractivity contribution >= 4 is 11.9 Å². The maximum atomic E-state index is 12.5. The largest absolute Gasteiger partial charge is 0.466 e. The van der Waals surface area contributed by atoms with Crippen molar-refractivity contribution in [2.45, 2.75) is 424 Å². The molecule has 2 atom stereocenters. The minimum absolute atomic E-state index is 0.0108. The molecule has 6 nitrogen and oxygen atoms in total. The van der Waals surface area contributed by atoms with E-state index in [2.05, 4.69) is 43.5 Å². The Bertz CT molecular complexity index is 1250. The second-order valence-corrected chi connectivity index (χ2v) is 25.3. The zero-order valence-electron chi connectivity index (χ0n) is 54.3. The number of hydrogen-bond acceptors (Lipinski definition) is 5. The first-order valence-electron chi connectivity index (χ1n) is 36.6. The van der Waals surface area contributed by atoms with Crippen LogP contribution in [0.25, 0.3) is 0 Å². The van der Waals surface area contributed by atoms with E-state index < -0.39 is 12.1 Å². The number of unbranched alkanes of at least 4 members (excludes halogenated alkanes) is 54. The van der Waals surface area contributed by atoms with Crippen molar-refractivity contribution in [1.29, 1.82) is 0 Å². The first kappa shape index (κ1) is 78.3. The Kier molecular flexibility index (Phi) is 68.4. The van der Waals surface area contributed by atoms with E-state index in [1.165, 1.54) is 334 Å². The third-order valence-electron chi connectivity index (χ3n) is 17.2. The van der Waals surface area contributed by atoms with Crippen molar-refractivity contribution in [2.75, 3.05) is 13.2 Å². The molecule has 0 radical (unpaired) electrons. The number of rotatable bonds is 69. The molecule has 0 saturated carbocycles. The van der Waals surface area contributed by atoms with E-state index in [0.717, 1.165) is 44.9 Å². The van der Waals surface area contributed by atoms with E-state index in [1.807, 2.05) is 0 Å². The van der Waals surface area contributed by atoms with Gasteiger partial charge in [0.1, 0.15) is 0 Å². The molecular weight excluding hydrogens is 983 g/mol. The minimum atomic E-state index is -0.662. The van der Waals surface area contributed by atoms with Crippen LogP contribution < -0.4 is 5.32 Å². The lowest BCUT2D eigenvalue weighted by molar-refractivity contribution is -0.143. The third kappa shape index (κ3) is 65.5. The van der Waals surface area contributed by atoms with Crippen LogP contribution in [0.15, 0.2) is 24.3 Å². The van der Waals surface area contributed by atoms with Crippen LogP contribution in [0.3, 0.4) is 0 Å². The Morgan fingerprint density at radius 3 is 0.887 bits per heavy atom. The molecule has 0 spiro atoms. The maximum Gasteiger partial charge on any atom is 0.305 e. The van der Waals surface area contributed by atoms with Crippen molar-refractivity contribution in [1.82, 2.24) is 5.32 Å². The van der Waals surface area contributed by atoms with Crippen molar-refractivity contribution in [3.8, 4) is 0 Å². The van der Waals surface area contributed by atoms with Gasteiger partial charge in [-0.1, -0.05) is 346 Å². The quantitative estimate of drug-likeness (QED) is 0.0320. The normalized spacial score (nSPS) is 12.6. The van der Waals surface area contributed by atoms with Crippen LogP contribution in [0.5, 0.6) is 0 Å². The fourth-order valence-corrected chi connectivity index (χ4v) is 11.6. The standard InChI is InChI=1S/C74H143NO5/c1-3-5-7-9-11-13-15-17-19-39-42-46-50-54-58-62-66-72(77)71(70-76)75-73(78)67-63-59-55-51-47-43-40-37-35-33-31-29-27-25-23-21-20-22-24-26-28-30-32-34-36-38-41-45-49-53-57-61-65-69-80-74(79)68-64-60-56-52-48-44-18-16-14-12-10-8-6-4-2/h16,18,24,26,71-72,76-77H,3-15,17,19-23,25,27-70H2,1-2H3,(H,75,78)/b18-16-,26-24-. The predicted molar refractivity (Wildman–Crippen MR) is 352 cm³/mol. The average molecular weight is 1130 g/mol. The van der Waals surface area contributed by atoms with Gasteiger partial charge < -0.3 is 20.3 Å². The summed E-state index contributed by atoms with van der Waals surface area (Å²) in [5.41, 5.74) is 0. The Labute approximate surface area is 501 Å². The Balaban J connectivity index is 3.34. The number of amides is 1. The van der Waals surface area contributed by atoms with Gasteiger partial charge in [0.05, 0.1) is 25.4 Å². The maximum absolute atomic E-state index is 12.5. The van der Waals surface area contributed by atoms with Crippen molar-refractivity contribution in [3.05, 3.63) is 24.3 Å². The summed E-state index contributed by atoms with van der Waals surface area (Å²) in [7, 11) is 0. The predicted octanol–water partition coefficient (Wildman–Crippen LogP) is 23.7. The molecule has 6 heteroatoms. The monoisotopic (exact) mass is 1130 g/mol. The molecule has 0 rings (SSSR count). The molecular formula is C74H143NO5. The number of carbonyl (C=O) groups is 2. The first-order valence-corrected chi connectivity index (χ1v) is 36.6. The number of aliphatic hydroxyl groups excluding tert-OH is 2. The lowest BCUT2D eigenvalue weighted by Crippen LogP contribution is -2.45. The van der Waals surface area contributed by atoms with Crippen LogP contribution in [-0.4, -0.2) is 47.4 Å². The smallest absolute Gasteiger partial charge is 0.305 e. The van der Waals surface area contributed by atoms with Crippen molar-refractivity contribution in [2.24, 2.45) is 0 Å². The van der Waals surface area contributed by atoms with Gasteiger partial charge in [-0.05, 0) is 77.0 Å². The van der Waals surface area contributed by atoms with Crippen LogP contribution in [0.2, 0.25) is 0 Å². The Morgan fingerprint density at radius 2 is 0.588 bits per heavy atom. The van der Waals surface area contributed by atoms with E-state index in [9.17, 15) is 19.8 Å². The fourth-order valence-electron chi connectivity index (χ4n) is 11.6. The minimum Gasteiger partial charge on any atom is -0.466 e. The number of hydrogen-bond donors (Lipinski definition) is 3. The average Bonchev–Trinajstić information content (AvgIpc) is 3.46. The number of nitrogens with one attached hydrogen (secondary N) is 1. The molecule has 0 aromatic carbocycles. The molecule has 474 valence electrons. The van der Waals surface area contributed by atoms with Crippen LogP contribution in [0.1, 0.15) is 412 Å². The van der Waals surface area contributed by atoms with Gasteiger partial charge in [0.2, 0.25) is 5.91 Å². The molecule has 0 heterocycles. The van der Waals surface area contributed by atoms with Gasteiger partial charge in [0.15, 0.2) is 0 Å². The van der Waals surface area contributed by atoms with Gasteiger partial charge >= 0.3 is 5.97 Å². The molecule has 0 saturated heterocycles. The molecule has 0 bridgehead atoms. The number of allylic oxidation sites excluding steroid dienone is 4. The highest BCUT2D eigenvalue weighted by molar-refractivity contribution is 5.76. The number of ether oxygens (including phenoxy) is 1. The first-order chi connectivity index (χ1) is 39.5. The highest BCUT2D eigenvalue weighted by atomic mass is 16.5. The number of aliphatic hydroxyl groups is 2. The van der Waals surface area contributed by atoms with E-state index in [1.54, 1.807) is 0 Å². The van der Waals surface area contributed by atoms with E-state index in [0.29, 0.717) is 25.9 Å². The van der Waals surface area contributed by atoms with Gasteiger partial charge in [-0.25, -0.2) is 0 Å². The lowest BCUT2D eigenvalue weighted by atomic mass is 10.0. The highest BCUT2D eigenvalue weighted by Gasteiger charge is 2.20. The van der Waals surface area contributed by atoms with Gasteiger partial charge in [-0.3, -0.25) is 9.59 Å². The Morgan fingerprint density at radius 1 is 0.338 bits per heavy atom. The van der Waals surface area contributed by atoms with Crippen LogP contribution in [-0.2, 0) is 14.3 Å². The molecule has 0 aliphatic carbocycles. The van der Waals surface area contributed by atoms with Crippen LogP contribution in [0, 0.1) is 0 Å². The van der Waals surface area contributed by atoms with Crippen LogP contribution in [0.4, 0.5) is 0 Å². The van der Waals surface area contributed by atoms with Crippen LogP contribution >= 0.6 is 0 Å². The SMILES string of the molecule is CCCCCCC/C=C\CCCCCCCC(=O)OCCCCCCCCCCCCCC/C=C\CCCCCCCCCCCCCCCCCCCC(=O)NC(CO)C(O)CCCCCCCCCCCCCCCCCC. The van der Waals surface area contributed by atoms with E-state index >= 15 is 0 Å². The zero-order valence-corrected chi connectivity index (χ0v) is 54.3. The summed E-state index contributed by atoms with van der Waals surface area (Å²) < 4.78 is 5.49. The second kappa shape index (κ2) is 69.8. The molecule has 0 aliphatic rings. The van der Waals surface area contributed by atoms with Crippen molar-refractivity contribution < 1.29 is 24.5 Å². The molecule has 2 unspecified atom stereocenters. The van der Waals surface area contributed by atoms with Gasteiger partial charge in [0.25, 0.3) is 0 Å². The van der Waals surface area contributed by atoms with Gasteiger partial charge in [-0.15, -0.1) is 0 Å². The highest BCUT2D eigenvalue weighted by Crippen LogP contribution is 2.19. The summed E-state index contributed by atoms with van der Waals surface area (Å²) in [6, 6.07) is -0.539. The fraction of sp³-hybridized carbons (Fsp3) is 0.919. The summed E-state index contributed by atoms with van der Waals surface area (Å²) in [6.07, 6.45) is 88.2. The van der Waals surface area contributed by atoms with Gasteiger partial charge in [-0.2, -0.15) is 0 Å². The molecule has 0 aromatic rings. The zero-order chi connectivity index (χ0) is 57.8. The van der Waals surface area contributed by atoms with Gasteiger partial charge in [0, 0.05) is 12.8 Å². The number of esters is 1. The molecule has 0 fully saturated rings. The molecule has 0 aliphatic heterocycles. The third-order valence-corrected chi connectivity index (χ3v) is 17.2. The second-order valence-electron chi connectivity index (χ2n) is 25.3. The van der Waals surface area contributed by atoms with E-state index in [-0.39, 0.29) is 18.5 Å². The topological polar surface area (TPSA) is 95.9 Å². The Hall–Kier alpha value is -1.66. The van der Waals surface area contributed by atoms with Crippen molar-refractivity contribution in [3.63, 3.8) is 0 Å². The summed E-state index contributed by atoms with van der Waals surface area (Å²) in [5, 5.41) is 23.4. The molecule has 0 aromatic heterocycles. The van der Waals surface area contributed by atoms with E-state index in [4.69, 9.17) is 4.74 Å². The molecule has 1 amide bonds. The summed E-state index contributed by atoms with van der Waals surface area (Å²) >= 11 is 0. The lowest BCUT2D eigenvalue weighted by Gasteiger charge is -2.22. The summed E-state index contributed by atoms with van der Waals surface area (Å²) in [6.45, 7) is 4.98. The number of carbonyl (C=O) groups excluding carboxylic acids is 2.